The van der Waals surface area contributed by atoms with Gasteiger partial charge in [-0.15, -0.1) is 0 Å². The van der Waals surface area contributed by atoms with Crippen LogP contribution in [0.3, 0.4) is 0 Å². The van der Waals surface area contributed by atoms with Crippen LogP contribution < -0.4 is 0 Å². The minimum absolute atomic E-state index is 0.0193. The van der Waals surface area contributed by atoms with Crippen molar-refractivity contribution >= 4 is 29.2 Å². The number of aliphatic hydroxyl groups is 3. The molecule has 3 fully saturated rings. The van der Waals surface area contributed by atoms with E-state index in [4.69, 9.17) is 23.7 Å². The molecule has 2 unspecified atom stereocenters. The van der Waals surface area contributed by atoms with Crippen LogP contribution in [-0.2, 0) is 47.7 Å². The number of piperidine rings is 1. The van der Waals surface area contributed by atoms with Gasteiger partial charge in [0.15, 0.2) is 5.78 Å². The lowest BCUT2D eigenvalue weighted by Crippen LogP contribution is -2.61. The molecule has 65 heavy (non-hydrogen) atoms. The van der Waals surface area contributed by atoms with E-state index in [1.54, 1.807) is 41.1 Å². The molecule has 2 bridgehead atoms. The number of methoxy groups -OCH3 is 3. The Morgan fingerprint density at radius 2 is 1.57 bits per heavy atom. The molecule has 1 amide bonds. The number of hydrogen-bond donors (Lipinski definition) is 3. The van der Waals surface area contributed by atoms with Crippen molar-refractivity contribution in [3.05, 3.63) is 47.6 Å². The molecule has 0 aromatic heterocycles. The zero-order valence-corrected chi connectivity index (χ0v) is 40.6. The molecule has 3 heterocycles. The molecule has 366 valence electrons. The summed E-state index contributed by atoms with van der Waals surface area (Å²) >= 11 is 0. The van der Waals surface area contributed by atoms with Crippen molar-refractivity contribution < 1.29 is 63.0 Å². The number of Topliss-reactive ketones (excluding diaryl/α,β-unsaturated/α-hetero) is 3. The third-order valence-electron chi connectivity index (χ3n) is 14.5. The van der Waals surface area contributed by atoms with Crippen molar-refractivity contribution in [1.29, 1.82) is 0 Å². The molecular formula is C51H79NO13. The first kappa shape index (κ1) is 54.2. The quantitative estimate of drug-likeness (QED) is 0.156. The maximum absolute atomic E-state index is 14.4. The first-order chi connectivity index (χ1) is 30.7. The molecule has 3 N–H and O–H groups in total. The van der Waals surface area contributed by atoms with Crippen LogP contribution in [0.25, 0.3) is 0 Å². The minimum Gasteiger partial charge on any atom is -0.460 e. The van der Waals surface area contributed by atoms with Gasteiger partial charge in [0.05, 0.1) is 24.4 Å². The van der Waals surface area contributed by atoms with E-state index in [1.165, 1.54) is 12.0 Å². The highest BCUT2D eigenvalue weighted by atomic mass is 16.6. The fourth-order valence-electron chi connectivity index (χ4n) is 10.1. The van der Waals surface area contributed by atoms with Gasteiger partial charge in [-0.1, -0.05) is 71.1 Å². The zero-order chi connectivity index (χ0) is 48.2. The van der Waals surface area contributed by atoms with Gasteiger partial charge in [-0.25, -0.2) is 4.79 Å². The Kier molecular flexibility index (Phi) is 21.0. The van der Waals surface area contributed by atoms with Gasteiger partial charge < -0.3 is 43.9 Å². The Bertz CT molecular complexity index is 1760. The van der Waals surface area contributed by atoms with Gasteiger partial charge in [0.2, 0.25) is 5.79 Å². The summed E-state index contributed by atoms with van der Waals surface area (Å²) in [4.78, 5) is 71.8. The van der Waals surface area contributed by atoms with Crippen LogP contribution >= 0.6 is 0 Å². The largest absolute Gasteiger partial charge is 0.460 e. The van der Waals surface area contributed by atoms with Crippen LogP contribution in [0.1, 0.15) is 126 Å². The zero-order valence-electron chi connectivity index (χ0n) is 40.6. The summed E-state index contributed by atoms with van der Waals surface area (Å²) in [6, 6.07) is -1.14. The number of nitrogens with zero attached hydrogens (tertiary/aromatic N) is 1. The topological polar surface area (TPSA) is 195 Å². The Balaban J connectivity index is 1.70. The van der Waals surface area contributed by atoms with E-state index in [-0.39, 0.29) is 54.8 Å². The van der Waals surface area contributed by atoms with E-state index in [0.717, 1.165) is 12.0 Å². The van der Waals surface area contributed by atoms with Crippen molar-refractivity contribution in [3.63, 3.8) is 0 Å². The fraction of sp³-hybridized carbons (Fsp3) is 0.745. The number of allylic oxidation sites excluding steroid dienone is 6. The maximum atomic E-state index is 14.4. The molecule has 4 rings (SSSR count). The monoisotopic (exact) mass is 914 g/mol. The number of ketones is 3. The van der Waals surface area contributed by atoms with Gasteiger partial charge in [0, 0.05) is 58.5 Å². The van der Waals surface area contributed by atoms with Crippen LogP contribution in [0.15, 0.2) is 47.6 Å². The molecule has 4 aliphatic rings. The summed E-state index contributed by atoms with van der Waals surface area (Å²) in [5, 5.41) is 33.8. The average Bonchev–Trinajstić information content (AvgIpc) is 3.28. The summed E-state index contributed by atoms with van der Waals surface area (Å²) in [5.41, 5.74) is 1.27. The first-order valence-electron chi connectivity index (χ1n) is 23.9. The summed E-state index contributed by atoms with van der Waals surface area (Å²) in [6.45, 7) is 12.7. The number of esters is 1. The minimum atomic E-state index is -2.43. The molecule has 15 atom stereocenters. The van der Waals surface area contributed by atoms with E-state index in [2.05, 4.69) is 0 Å². The Labute approximate surface area is 387 Å². The molecule has 14 heteroatoms. The van der Waals surface area contributed by atoms with E-state index in [1.807, 2.05) is 58.1 Å². The summed E-state index contributed by atoms with van der Waals surface area (Å²) in [5.74, 6) is -7.96. The van der Waals surface area contributed by atoms with Crippen molar-refractivity contribution in [1.82, 2.24) is 4.90 Å². The highest BCUT2D eigenvalue weighted by Gasteiger charge is 2.53. The Hall–Kier alpha value is -3.37. The van der Waals surface area contributed by atoms with Gasteiger partial charge >= 0.3 is 5.97 Å². The standard InChI is InChI=1S/C51H79NO13/c1-30-16-12-11-13-17-31(2)42(61-8)28-38-21-19-36(7)51(60,65-38)48(57)49(58)52-23-15-14-18-39(52)50(59)64-43(33(4)26-37-20-22-40(53)44(27-37)62-9)29-41(54)32(3)25-35(6)46(56)47(63-10)45(55)34(5)24-30/h11-13,16-17,25,30,32-34,36-40,42-44,46-47,53,56,60H,14-15,18-24,26-29H2,1-10H3/b13-11?,16-12+,31-17?,35-25+/t30?,32-,33-,34-,36-,37+,38+,39+,40-,42?,43+,44-,46-,47+,51-/m1/s1. The molecule has 0 aromatic rings. The second-order valence-corrected chi connectivity index (χ2v) is 19.6. The molecule has 1 saturated carbocycles. The van der Waals surface area contributed by atoms with Crippen LogP contribution in [-0.4, -0.2) is 132 Å². The third kappa shape index (κ3) is 14.3. The molecule has 14 nitrogen and oxygen atoms in total. The van der Waals surface area contributed by atoms with Gasteiger partial charge in [-0.3, -0.25) is 19.2 Å². The van der Waals surface area contributed by atoms with Crippen LogP contribution in [0, 0.1) is 35.5 Å². The number of aliphatic hydroxyl groups excluding tert-OH is 2. The number of hydrogen-bond acceptors (Lipinski definition) is 13. The highest BCUT2D eigenvalue weighted by molar-refractivity contribution is 6.39. The van der Waals surface area contributed by atoms with E-state index < -0.39 is 83.9 Å². The summed E-state index contributed by atoms with van der Waals surface area (Å²) in [6.07, 6.45) is 11.2. The predicted molar refractivity (Wildman–Crippen MR) is 245 cm³/mol. The number of carbonyl (C=O) groups is 5. The molecule has 0 aromatic carbocycles. The molecule has 2 saturated heterocycles. The van der Waals surface area contributed by atoms with Crippen LogP contribution in [0.2, 0.25) is 0 Å². The van der Waals surface area contributed by atoms with Crippen LogP contribution in [0.4, 0.5) is 0 Å². The molecule has 3 aliphatic heterocycles. The lowest BCUT2D eigenvalue weighted by atomic mass is 9.78. The predicted octanol–water partition coefficient (Wildman–Crippen LogP) is 6.18. The second kappa shape index (κ2) is 25.1. The Morgan fingerprint density at radius 1 is 0.846 bits per heavy atom. The van der Waals surface area contributed by atoms with Gasteiger partial charge in [0.25, 0.3) is 11.7 Å². The van der Waals surface area contributed by atoms with Crippen LogP contribution in [0.5, 0.6) is 0 Å². The highest BCUT2D eigenvalue weighted by Crippen LogP contribution is 2.38. The van der Waals surface area contributed by atoms with Crippen molar-refractivity contribution in [2.75, 3.05) is 27.9 Å². The number of fused-ring (bicyclic) bond motifs is 3. The van der Waals surface area contributed by atoms with Crippen molar-refractivity contribution in [3.8, 4) is 0 Å². The fourth-order valence-corrected chi connectivity index (χ4v) is 10.1. The molecule has 0 spiro atoms. The maximum Gasteiger partial charge on any atom is 0.329 e. The Morgan fingerprint density at radius 3 is 2.25 bits per heavy atom. The van der Waals surface area contributed by atoms with E-state index in [0.29, 0.717) is 63.4 Å². The SMILES string of the molecule is COC1C[C@@H]2CC[C@@H](C)[C@@](O)(O2)C(=O)C(=O)N2CCCC[C@H]2C(=O)O[C@H]([C@H](C)C[C@@H]2CC[C@@H](O)[C@H](OC)C2)CC(=O)[C@H](C)/C=C(\C)[C@@H](O)[C@@H](OC)C(=O)[C@H](C)CC(C)/C=C/C=CC=C1C. The number of ether oxygens (including phenoxy) is 5. The normalized spacial score (nSPS) is 39.1. The summed E-state index contributed by atoms with van der Waals surface area (Å²) < 4.78 is 29.4. The third-order valence-corrected chi connectivity index (χ3v) is 14.5. The van der Waals surface area contributed by atoms with Crippen molar-refractivity contribution in [2.24, 2.45) is 35.5 Å². The second-order valence-electron chi connectivity index (χ2n) is 19.6. The average molecular weight is 914 g/mol. The number of rotatable bonds is 6. The van der Waals surface area contributed by atoms with Gasteiger partial charge in [-0.2, -0.15) is 0 Å². The molecule has 0 radical (unpaired) electrons. The molecule has 1 aliphatic carbocycles. The van der Waals surface area contributed by atoms with Gasteiger partial charge in [-0.05, 0) is 107 Å². The molecular weight excluding hydrogens is 835 g/mol. The number of cyclic esters (lactones) is 1. The first-order valence-corrected chi connectivity index (χ1v) is 23.9. The number of amides is 1. The lowest BCUT2D eigenvalue weighted by molar-refractivity contribution is -0.265. The van der Waals surface area contributed by atoms with Gasteiger partial charge in [0.1, 0.15) is 30.1 Å². The number of carbonyl (C=O) groups excluding carboxylic acids is 5. The lowest BCUT2D eigenvalue weighted by Gasteiger charge is -2.42. The van der Waals surface area contributed by atoms with E-state index in [9.17, 15) is 39.3 Å². The van der Waals surface area contributed by atoms with E-state index >= 15 is 0 Å². The summed E-state index contributed by atoms with van der Waals surface area (Å²) in [7, 11) is 4.52. The van der Waals surface area contributed by atoms with Crippen molar-refractivity contribution in [2.45, 2.75) is 180 Å². The smallest absolute Gasteiger partial charge is 0.329 e.